The third-order valence-corrected chi connectivity index (χ3v) is 3.86. The largest absolute Gasteiger partial charge is 0.360 e. The molecule has 0 aromatic carbocycles. The molecule has 1 fully saturated rings. The number of piperidine rings is 1. The highest BCUT2D eigenvalue weighted by molar-refractivity contribution is 5.93. The zero-order chi connectivity index (χ0) is 15.5. The summed E-state index contributed by atoms with van der Waals surface area (Å²) in [6.07, 6.45) is 5.38. The van der Waals surface area contributed by atoms with E-state index in [1.165, 1.54) is 0 Å². The highest BCUT2D eigenvalue weighted by Crippen LogP contribution is 2.15. The number of hydrogen-bond donors (Lipinski definition) is 1. The van der Waals surface area contributed by atoms with Crippen LogP contribution in [0.5, 0.6) is 0 Å². The van der Waals surface area contributed by atoms with Crippen LogP contribution in [0.1, 0.15) is 34.7 Å². The molecule has 22 heavy (non-hydrogen) atoms. The van der Waals surface area contributed by atoms with Crippen LogP contribution in [0.4, 0.5) is 0 Å². The molecular formula is C15H21N5O2. The first-order chi connectivity index (χ1) is 10.6. The van der Waals surface area contributed by atoms with Gasteiger partial charge in [0.25, 0.3) is 5.91 Å². The van der Waals surface area contributed by atoms with E-state index in [1.54, 1.807) is 24.1 Å². The van der Waals surface area contributed by atoms with Crippen molar-refractivity contribution >= 4 is 5.91 Å². The number of carbonyl (C=O) groups excluding carboxylic acids is 1. The minimum atomic E-state index is -0.0598. The summed E-state index contributed by atoms with van der Waals surface area (Å²) in [5.41, 5.74) is 1.50. The zero-order valence-corrected chi connectivity index (χ0v) is 13.0. The third-order valence-electron chi connectivity index (χ3n) is 3.86. The number of nitrogens with zero attached hydrogens (tertiary/aromatic N) is 4. The normalized spacial score (nSPS) is 19.3. The number of amides is 1. The Kier molecular flexibility index (Phi) is 4.24. The maximum absolute atomic E-state index is 12.2. The molecule has 3 heterocycles. The molecule has 1 amide bonds. The van der Waals surface area contributed by atoms with E-state index in [9.17, 15) is 4.79 Å². The molecule has 1 saturated heterocycles. The highest BCUT2D eigenvalue weighted by atomic mass is 16.5. The standard InChI is InChI=1S/C15H21N5O2/c1-11-6-14(22-18-11)10-20-5-3-4-13(9-20)17-15(21)12-7-16-19(2)8-12/h6-8,13H,3-5,9-10H2,1-2H3,(H,17,21). The number of aromatic nitrogens is 3. The lowest BCUT2D eigenvalue weighted by Crippen LogP contribution is -2.47. The molecule has 0 bridgehead atoms. The fourth-order valence-electron chi connectivity index (χ4n) is 2.84. The van der Waals surface area contributed by atoms with Crippen LogP contribution in [-0.4, -0.2) is 44.9 Å². The first-order valence-electron chi connectivity index (χ1n) is 7.54. The summed E-state index contributed by atoms with van der Waals surface area (Å²) in [6.45, 7) is 4.49. The maximum Gasteiger partial charge on any atom is 0.254 e. The van der Waals surface area contributed by atoms with E-state index in [4.69, 9.17) is 4.52 Å². The summed E-state index contributed by atoms with van der Waals surface area (Å²) in [7, 11) is 1.80. The number of rotatable bonds is 4. The summed E-state index contributed by atoms with van der Waals surface area (Å²) in [5, 5.41) is 11.0. The van der Waals surface area contributed by atoms with Gasteiger partial charge in [0.1, 0.15) is 0 Å². The van der Waals surface area contributed by atoms with E-state index >= 15 is 0 Å². The van der Waals surface area contributed by atoms with Gasteiger partial charge in [0.05, 0.1) is 24.0 Å². The summed E-state index contributed by atoms with van der Waals surface area (Å²) in [5.74, 6) is 0.812. The summed E-state index contributed by atoms with van der Waals surface area (Å²) in [4.78, 5) is 14.5. The average molecular weight is 303 g/mol. The Balaban J connectivity index is 1.55. The molecule has 7 heteroatoms. The van der Waals surface area contributed by atoms with Gasteiger partial charge in [-0.05, 0) is 26.3 Å². The lowest BCUT2D eigenvalue weighted by molar-refractivity contribution is 0.0896. The van der Waals surface area contributed by atoms with Gasteiger partial charge in [-0.3, -0.25) is 14.4 Å². The molecular weight excluding hydrogens is 282 g/mol. The van der Waals surface area contributed by atoms with Crippen LogP contribution in [0, 0.1) is 6.92 Å². The van der Waals surface area contributed by atoms with Crippen LogP contribution < -0.4 is 5.32 Å². The quantitative estimate of drug-likeness (QED) is 0.915. The Morgan fingerprint density at radius 1 is 1.55 bits per heavy atom. The molecule has 1 aliphatic rings. The predicted molar refractivity (Wildman–Crippen MR) is 80.2 cm³/mol. The van der Waals surface area contributed by atoms with Crippen molar-refractivity contribution in [1.29, 1.82) is 0 Å². The fraction of sp³-hybridized carbons (Fsp3) is 0.533. The molecule has 3 rings (SSSR count). The van der Waals surface area contributed by atoms with Crippen LogP contribution >= 0.6 is 0 Å². The SMILES string of the molecule is Cc1cc(CN2CCCC(NC(=O)c3cnn(C)c3)C2)on1. The molecule has 1 N–H and O–H groups in total. The minimum absolute atomic E-state index is 0.0598. The predicted octanol–water partition coefficient (Wildman–Crippen LogP) is 1.11. The van der Waals surface area contributed by atoms with Crippen LogP contribution in [0.2, 0.25) is 0 Å². The second-order valence-electron chi connectivity index (χ2n) is 5.89. The Bertz CT molecular complexity index is 648. The zero-order valence-electron chi connectivity index (χ0n) is 13.0. The number of nitrogens with one attached hydrogen (secondary N) is 1. The Morgan fingerprint density at radius 2 is 2.41 bits per heavy atom. The van der Waals surface area contributed by atoms with Gasteiger partial charge in [-0.1, -0.05) is 5.16 Å². The van der Waals surface area contributed by atoms with Gasteiger partial charge < -0.3 is 9.84 Å². The van der Waals surface area contributed by atoms with Crippen molar-refractivity contribution in [2.24, 2.45) is 7.05 Å². The lowest BCUT2D eigenvalue weighted by Gasteiger charge is -2.32. The monoisotopic (exact) mass is 303 g/mol. The van der Waals surface area contributed by atoms with Crippen molar-refractivity contribution < 1.29 is 9.32 Å². The second-order valence-corrected chi connectivity index (χ2v) is 5.89. The van der Waals surface area contributed by atoms with Crippen LogP contribution in [0.3, 0.4) is 0 Å². The average Bonchev–Trinajstić information content (AvgIpc) is 3.08. The number of likely N-dealkylation sites (tertiary alicyclic amines) is 1. The van der Waals surface area contributed by atoms with Crippen LogP contribution in [0.25, 0.3) is 0 Å². The van der Waals surface area contributed by atoms with E-state index in [-0.39, 0.29) is 11.9 Å². The molecule has 118 valence electrons. The van der Waals surface area contributed by atoms with E-state index in [2.05, 4.69) is 20.5 Å². The summed E-state index contributed by atoms with van der Waals surface area (Å²) in [6, 6.07) is 2.11. The van der Waals surface area contributed by atoms with E-state index in [0.29, 0.717) is 5.56 Å². The number of aryl methyl sites for hydroxylation is 2. The van der Waals surface area contributed by atoms with Crippen molar-refractivity contribution in [2.45, 2.75) is 32.4 Å². The first-order valence-corrected chi connectivity index (χ1v) is 7.54. The van der Waals surface area contributed by atoms with Crippen molar-refractivity contribution in [3.8, 4) is 0 Å². The van der Waals surface area contributed by atoms with Gasteiger partial charge >= 0.3 is 0 Å². The first kappa shape index (κ1) is 14.8. The molecule has 2 aromatic rings. The topological polar surface area (TPSA) is 76.2 Å². The molecule has 0 saturated carbocycles. The van der Waals surface area contributed by atoms with Gasteiger partial charge in [0.2, 0.25) is 0 Å². The Hall–Kier alpha value is -2.15. The minimum Gasteiger partial charge on any atom is -0.360 e. The van der Waals surface area contributed by atoms with Crippen molar-refractivity contribution in [3.63, 3.8) is 0 Å². The van der Waals surface area contributed by atoms with Gasteiger partial charge in [-0.15, -0.1) is 0 Å². The van der Waals surface area contributed by atoms with Gasteiger partial charge in [-0.2, -0.15) is 5.10 Å². The van der Waals surface area contributed by atoms with Crippen molar-refractivity contribution in [3.05, 3.63) is 35.5 Å². The van der Waals surface area contributed by atoms with Crippen molar-refractivity contribution in [2.75, 3.05) is 13.1 Å². The van der Waals surface area contributed by atoms with Gasteiger partial charge in [0, 0.05) is 31.9 Å². The van der Waals surface area contributed by atoms with E-state index in [1.807, 2.05) is 13.0 Å². The number of hydrogen-bond acceptors (Lipinski definition) is 5. The van der Waals surface area contributed by atoms with Crippen molar-refractivity contribution in [1.82, 2.24) is 25.2 Å². The smallest absolute Gasteiger partial charge is 0.254 e. The van der Waals surface area contributed by atoms with Crippen LogP contribution in [0.15, 0.2) is 23.0 Å². The molecule has 0 aliphatic carbocycles. The van der Waals surface area contributed by atoms with Gasteiger partial charge in [0.15, 0.2) is 5.76 Å². The highest BCUT2D eigenvalue weighted by Gasteiger charge is 2.23. The van der Waals surface area contributed by atoms with Gasteiger partial charge in [-0.25, -0.2) is 0 Å². The Labute approximate surface area is 129 Å². The number of carbonyl (C=O) groups is 1. The molecule has 7 nitrogen and oxygen atoms in total. The molecule has 0 spiro atoms. The summed E-state index contributed by atoms with van der Waals surface area (Å²) < 4.78 is 6.90. The van der Waals surface area contributed by atoms with E-state index < -0.39 is 0 Å². The van der Waals surface area contributed by atoms with E-state index in [0.717, 1.165) is 43.9 Å². The van der Waals surface area contributed by atoms with Crippen LogP contribution in [-0.2, 0) is 13.6 Å². The second kappa shape index (κ2) is 6.31. The lowest BCUT2D eigenvalue weighted by atomic mass is 10.1. The molecule has 1 atom stereocenters. The third kappa shape index (κ3) is 3.54. The molecule has 1 unspecified atom stereocenters. The summed E-state index contributed by atoms with van der Waals surface area (Å²) >= 11 is 0. The molecule has 0 radical (unpaired) electrons. The molecule has 1 aliphatic heterocycles. The molecule has 2 aromatic heterocycles. The fourth-order valence-corrected chi connectivity index (χ4v) is 2.84. The maximum atomic E-state index is 12.2. The Morgan fingerprint density at radius 3 is 3.09 bits per heavy atom.